The molecule has 1 fully saturated rings. The van der Waals surface area contributed by atoms with Crippen molar-refractivity contribution in [3.8, 4) is 0 Å². The molecule has 0 heterocycles. The number of unbranched alkanes of at least 4 members (excludes halogenated alkanes) is 2. The summed E-state index contributed by atoms with van der Waals surface area (Å²) in [7, 11) is 0. The van der Waals surface area contributed by atoms with E-state index in [2.05, 4.69) is 13.0 Å². The molecule has 0 spiro atoms. The van der Waals surface area contributed by atoms with E-state index in [1.54, 1.807) is 6.07 Å². The second-order valence-electron chi connectivity index (χ2n) is 5.65. The predicted octanol–water partition coefficient (Wildman–Crippen LogP) is 2.10. The van der Waals surface area contributed by atoms with Crippen LogP contribution in [0.15, 0.2) is 18.2 Å². The number of rotatable bonds is 5. The van der Waals surface area contributed by atoms with Crippen LogP contribution in [0.4, 0.5) is 4.39 Å². The Morgan fingerprint density at radius 1 is 1.20 bits per heavy atom. The van der Waals surface area contributed by atoms with Crippen molar-refractivity contribution in [3.63, 3.8) is 0 Å². The van der Waals surface area contributed by atoms with Crippen molar-refractivity contribution in [2.24, 2.45) is 5.92 Å². The molecule has 0 radical (unpaired) electrons. The van der Waals surface area contributed by atoms with Gasteiger partial charge in [0, 0.05) is 5.82 Å². The first-order valence-electron chi connectivity index (χ1n) is 7.47. The minimum Gasteiger partial charge on any atom is -1.00 e. The molecule has 1 aromatic carbocycles. The van der Waals surface area contributed by atoms with Crippen molar-refractivity contribution in [1.29, 1.82) is 0 Å². The Hall–Kier alpha value is 0.396. The van der Waals surface area contributed by atoms with Gasteiger partial charge in [-0.25, -0.2) is 4.39 Å². The molecule has 2 rings (SSSR count). The van der Waals surface area contributed by atoms with Gasteiger partial charge in [0.15, 0.2) is 0 Å². The first-order chi connectivity index (χ1) is 8.81. The van der Waals surface area contributed by atoms with Crippen LogP contribution in [0.25, 0.3) is 0 Å². The molecule has 108 valence electrons. The molecule has 0 bridgehead atoms. The van der Waals surface area contributed by atoms with Crippen LogP contribution in [0.5, 0.6) is 0 Å². The summed E-state index contributed by atoms with van der Waals surface area (Å²) in [5, 5.41) is 0. The molecule has 0 amide bonds. The average molecular weight is 352 g/mol. The van der Waals surface area contributed by atoms with Gasteiger partial charge in [-0.2, -0.15) is 18.2 Å². The second-order valence-corrected chi connectivity index (χ2v) is 5.65. The van der Waals surface area contributed by atoms with Crippen LogP contribution >= 0.6 is 0 Å². The van der Waals surface area contributed by atoms with Gasteiger partial charge in [0.2, 0.25) is 0 Å². The van der Waals surface area contributed by atoms with Gasteiger partial charge in [-0.1, -0.05) is 64.2 Å². The monoisotopic (exact) mass is 350 g/mol. The Balaban J connectivity index is 0.00000180. The summed E-state index contributed by atoms with van der Waals surface area (Å²) in [6, 6.07) is 8.19. The van der Waals surface area contributed by atoms with Crippen LogP contribution in [-0.4, -0.2) is 23.1 Å². The quantitative estimate of drug-likeness (QED) is 0.433. The molecular formula is C17H24BrFMg. The van der Waals surface area contributed by atoms with Crippen LogP contribution in [0.1, 0.15) is 69.8 Å². The molecule has 0 unspecified atom stereocenters. The van der Waals surface area contributed by atoms with Gasteiger partial charge in [0.05, 0.1) is 0 Å². The molecule has 0 aromatic heterocycles. The van der Waals surface area contributed by atoms with Crippen molar-refractivity contribution >= 4 is 23.1 Å². The first-order valence-corrected chi connectivity index (χ1v) is 7.47. The van der Waals surface area contributed by atoms with Crippen molar-refractivity contribution in [1.82, 2.24) is 0 Å². The Bertz CT molecular complexity index is 362. The van der Waals surface area contributed by atoms with Gasteiger partial charge >= 0.3 is 23.1 Å². The van der Waals surface area contributed by atoms with Crippen molar-refractivity contribution < 1.29 is 21.4 Å². The summed E-state index contributed by atoms with van der Waals surface area (Å²) >= 11 is 0. The second kappa shape index (κ2) is 11.0. The maximum atomic E-state index is 13.7. The molecule has 0 saturated heterocycles. The largest absolute Gasteiger partial charge is 2.00 e. The third kappa shape index (κ3) is 6.03. The minimum atomic E-state index is -0.132. The average Bonchev–Trinajstić information content (AvgIpc) is 2.41. The van der Waals surface area contributed by atoms with Gasteiger partial charge in [-0.3, -0.25) is 0 Å². The maximum Gasteiger partial charge on any atom is 2.00 e. The smallest absolute Gasteiger partial charge is 1.00 e. The van der Waals surface area contributed by atoms with Crippen LogP contribution in [-0.2, 0) is 0 Å². The molecule has 1 saturated carbocycles. The third-order valence-electron chi connectivity index (χ3n) is 4.34. The Morgan fingerprint density at radius 3 is 2.50 bits per heavy atom. The van der Waals surface area contributed by atoms with E-state index in [1.165, 1.54) is 38.5 Å². The van der Waals surface area contributed by atoms with Gasteiger partial charge in [0.1, 0.15) is 0 Å². The zero-order valence-corrected chi connectivity index (χ0v) is 15.5. The molecular weight excluding hydrogens is 327 g/mol. The molecule has 0 atom stereocenters. The summed E-state index contributed by atoms with van der Waals surface area (Å²) in [5.74, 6) is 1.19. The predicted molar refractivity (Wildman–Crippen MR) is 79.8 cm³/mol. The molecule has 3 heteroatoms. The van der Waals surface area contributed by atoms with Crippen molar-refractivity contribution in [2.75, 3.05) is 0 Å². The standard InChI is InChI=1S/C17H24F.BrH.Mg/c1-2-3-4-7-14-10-12-15(13-11-14)16-8-5-6-9-17(16)18;;/h5-6,8,14-15H,2-4,7,10-13H2,1H3;1H;/q-1;;+2/p-1. The van der Waals surface area contributed by atoms with E-state index in [4.69, 9.17) is 0 Å². The minimum absolute atomic E-state index is 0. The van der Waals surface area contributed by atoms with Gasteiger partial charge in [0.25, 0.3) is 0 Å². The van der Waals surface area contributed by atoms with Gasteiger partial charge < -0.3 is 17.0 Å². The Labute approximate surface area is 149 Å². The van der Waals surface area contributed by atoms with Crippen LogP contribution in [0, 0.1) is 17.8 Å². The van der Waals surface area contributed by atoms with Crippen molar-refractivity contribution in [3.05, 3.63) is 35.6 Å². The van der Waals surface area contributed by atoms with Crippen LogP contribution in [0.2, 0.25) is 0 Å². The number of halogens is 2. The van der Waals surface area contributed by atoms with E-state index >= 15 is 0 Å². The summed E-state index contributed by atoms with van der Waals surface area (Å²) in [5.41, 5.74) is 0.893. The SMILES string of the molecule is CCCCCC1CCC(c2ccc[c-]c2F)CC1.[Br-].[Mg+2]. The number of benzene rings is 1. The molecule has 0 N–H and O–H groups in total. The fourth-order valence-corrected chi connectivity index (χ4v) is 3.19. The Morgan fingerprint density at radius 2 is 1.90 bits per heavy atom. The normalized spacial score (nSPS) is 21.7. The summed E-state index contributed by atoms with van der Waals surface area (Å²) in [6.07, 6.45) is 10.3. The summed E-state index contributed by atoms with van der Waals surface area (Å²) in [6.45, 7) is 2.26. The van der Waals surface area contributed by atoms with E-state index in [9.17, 15) is 4.39 Å². The molecule has 1 aliphatic carbocycles. The van der Waals surface area contributed by atoms with E-state index < -0.39 is 0 Å². The fourth-order valence-electron chi connectivity index (χ4n) is 3.19. The number of hydrogen-bond acceptors (Lipinski definition) is 0. The summed E-state index contributed by atoms with van der Waals surface area (Å²) < 4.78 is 13.7. The molecule has 1 aliphatic rings. The molecule has 0 nitrogen and oxygen atoms in total. The van der Waals surface area contributed by atoms with E-state index in [-0.39, 0.29) is 45.9 Å². The Kier molecular flexibility index (Phi) is 11.2. The first kappa shape index (κ1) is 20.4. The zero-order chi connectivity index (χ0) is 12.8. The topological polar surface area (TPSA) is 0 Å². The number of hydrogen-bond donors (Lipinski definition) is 0. The third-order valence-corrected chi connectivity index (χ3v) is 4.34. The molecule has 20 heavy (non-hydrogen) atoms. The van der Waals surface area contributed by atoms with Crippen molar-refractivity contribution in [2.45, 2.75) is 64.2 Å². The van der Waals surface area contributed by atoms with E-state index in [1.807, 2.05) is 12.1 Å². The van der Waals surface area contributed by atoms with E-state index in [0.717, 1.165) is 24.3 Å². The van der Waals surface area contributed by atoms with Gasteiger partial charge in [-0.05, 0) is 5.92 Å². The van der Waals surface area contributed by atoms with Crippen LogP contribution in [0.3, 0.4) is 0 Å². The fraction of sp³-hybridized carbons (Fsp3) is 0.647. The molecule has 0 aliphatic heterocycles. The van der Waals surface area contributed by atoms with E-state index in [0.29, 0.717) is 5.92 Å². The van der Waals surface area contributed by atoms with Gasteiger partial charge in [-0.15, -0.1) is 11.6 Å². The zero-order valence-electron chi connectivity index (χ0n) is 12.5. The summed E-state index contributed by atoms with van der Waals surface area (Å²) in [4.78, 5) is 0. The maximum absolute atomic E-state index is 13.7. The molecule has 1 aromatic rings. The van der Waals surface area contributed by atoms with Crippen LogP contribution < -0.4 is 17.0 Å².